The number of aliphatic hydroxyl groups is 1. The van der Waals surface area contributed by atoms with Crippen molar-refractivity contribution in [3.63, 3.8) is 0 Å². The molecule has 21 heavy (non-hydrogen) atoms. The van der Waals surface area contributed by atoms with E-state index in [1.165, 1.54) is 16.7 Å². The number of benzene rings is 2. The summed E-state index contributed by atoms with van der Waals surface area (Å²) in [5.41, 5.74) is 5.96. The lowest BCUT2D eigenvalue weighted by molar-refractivity contribution is 0.180. The Morgan fingerprint density at radius 3 is 2.57 bits per heavy atom. The molecule has 0 heterocycles. The van der Waals surface area contributed by atoms with Gasteiger partial charge in [-0.25, -0.2) is 0 Å². The Morgan fingerprint density at radius 2 is 1.86 bits per heavy atom. The van der Waals surface area contributed by atoms with Crippen LogP contribution < -0.4 is 0 Å². The normalized spacial score (nSPS) is 17.0. The van der Waals surface area contributed by atoms with Gasteiger partial charge in [-0.15, -0.1) is 0 Å². The molecule has 0 aromatic heterocycles. The molecule has 110 valence electrons. The topological polar surface area (TPSA) is 20.2 Å². The lowest BCUT2D eigenvalue weighted by Crippen LogP contribution is -1.99. The minimum absolute atomic E-state index is 0.286. The van der Waals surface area contributed by atoms with Crippen LogP contribution in [0, 0.1) is 6.92 Å². The van der Waals surface area contributed by atoms with Crippen LogP contribution in [-0.4, -0.2) is 5.11 Å². The van der Waals surface area contributed by atoms with Crippen LogP contribution in [0.25, 0.3) is 0 Å². The van der Waals surface area contributed by atoms with Crippen LogP contribution in [-0.2, 0) is 19.3 Å². The molecule has 1 aliphatic rings. The van der Waals surface area contributed by atoms with Gasteiger partial charge in [-0.1, -0.05) is 41.4 Å². The molecule has 0 saturated carbocycles. The van der Waals surface area contributed by atoms with Crippen LogP contribution in [0.1, 0.15) is 40.3 Å². The van der Waals surface area contributed by atoms with Crippen LogP contribution >= 0.6 is 23.2 Å². The number of halogens is 2. The number of hydrogen-bond acceptors (Lipinski definition) is 1. The highest BCUT2D eigenvalue weighted by atomic mass is 35.5. The maximum absolute atomic E-state index is 9.94. The molecule has 0 saturated heterocycles. The average molecular weight is 321 g/mol. The maximum Gasteiger partial charge on any atom is 0.0796 e. The van der Waals surface area contributed by atoms with Crippen molar-refractivity contribution in [2.45, 2.75) is 38.7 Å². The van der Waals surface area contributed by atoms with E-state index in [2.05, 4.69) is 19.1 Å². The second-order valence-corrected chi connectivity index (χ2v) is 6.55. The molecular weight excluding hydrogens is 303 g/mol. The van der Waals surface area contributed by atoms with Gasteiger partial charge in [-0.2, -0.15) is 0 Å². The van der Waals surface area contributed by atoms with Crippen LogP contribution in [0.2, 0.25) is 10.0 Å². The molecule has 1 unspecified atom stereocenters. The molecule has 2 aromatic rings. The van der Waals surface area contributed by atoms with E-state index < -0.39 is 0 Å². The van der Waals surface area contributed by atoms with Gasteiger partial charge in [0.25, 0.3) is 0 Å². The van der Waals surface area contributed by atoms with Crippen LogP contribution in [0.5, 0.6) is 0 Å². The molecule has 1 N–H and O–H groups in total. The van der Waals surface area contributed by atoms with Gasteiger partial charge in [0.15, 0.2) is 0 Å². The molecule has 0 spiro atoms. The van der Waals surface area contributed by atoms with Crippen molar-refractivity contribution in [2.24, 2.45) is 0 Å². The number of aryl methyl sites for hydroxylation is 3. The second kappa shape index (κ2) is 6.00. The van der Waals surface area contributed by atoms with Crippen molar-refractivity contribution in [2.75, 3.05) is 0 Å². The monoisotopic (exact) mass is 320 g/mol. The predicted octanol–water partition coefficient (Wildman–Crippen LogP) is 5.07. The summed E-state index contributed by atoms with van der Waals surface area (Å²) in [6.45, 7) is 2.11. The van der Waals surface area contributed by atoms with E-state index in [0.717, 1.165) is 46.9 Å². The summed E-state index contributed by atoms with van der Waals surface area (Å²) < 4.78 is 0. The zero-order valence-corrected chi connectivity index (χ0v) is 13.5. The molecule has 3 heteroatoms. The Kier molecular flexibility index (Phi) is 4.26. The summed E-state index contributed by atoms with van der Waals surface area (Å²) >= 11 is 12.5. The third kappa shape index (κ3) is 2.96. The fourth-order valence-electron chi connectivity index (χ4n) is 3.10. The fraction of sp³-hybridized carbons (Fsp3) is 0.333. The first-order valence-electron chi connectivity index (χ1n) is 7.29. The van der Waals surface area contributed by atoms with Crippen molar-refractivity contribution in [3.05, 3.63) is 68.2 Å². The minimum Gasteiger partial charge on any atom is -0.388 e. The molecule has 2 aromatic carbocycles. The number of fused-ring (bicyclic) bond motifs is 1. The summed E-state index contributed by atoms with van der Waals surface area (Å²) in [7, 11) is 0. The first-order valence-corrected chi connectivity index (χ1v) is 8.05. The van der Waals surface area contributed by atoms with Crippen LogP contribution in [0.3, 0.4) is 0 Å². The first kappa shape index (κ1) is 14.9. The largest absolute Gasteiger partial charge is 0.388 e. The quantitative estimate of drug-likeness (QED) is 0.837. The van der Waals surface area contributed by atoms with Gasteiger partial charge in [0, 0.05) is 10.0 Å². The molecule has 0 fully saturated rings. The van der Waals surface area contributed by atoms with E-state index in [9.17, 15) is 5.11 Å². The van der Waals surface area contributed by atoms with Crippen molar-refractivity contribution in [1.29, 1.82) is 0 Å². The molecule has 0 radical (unpaired) electrons. The lowest BCUT2D eigenvalue weighted by Gasteiger charge is -2.12. The molecule has 3 rings (SSSR count). The van der Waals surface area contributed by atoms with Gasteiger partial charge in [-0.3, -0.25) is 0 Å². The van der Waals surface area contributed by atoms with Crippen LogP contribution in [0.4, 0.5) is 0 Å². The zero-order valence-electron chi connectivity index (χ0n) is 12.0. The maximum atomic E-state index is 9.94. The Bertz CT molecular complexity index is 659. The van der Waals surface area contributed by atoms with E-state index in [4.69, 9.17) is 23.2 Å². The Morgan fingerprint density at radius 1 is 1.14 bits per heavy atom. The molecule has 1 atom stereocenters. The first-order chi connectivity index (χ1) is 10.1. The van der Waals surface area contributed by atoms with Gasteiger partial charge in [-0.05, 0) is 72.6 Å². The zero-order chi connectivity index (χ0) is 15.0. The smallest absolute Gasteiger partial charge is 0.0796 e. The van der Waals surface area contributed by atoms with E-state index >= 15 is 0 Å². The highest BCUT2D eigenvalue weighted by Gasteiger charge is 2.21. The minimum atomic E-state index is -0.286. The van der Waals surface area contributed by atoms with Crippen LogP contribution in [0.15, 0.2) is 30.3 Å². The molecule has 1 aliphatic carbocycles. The Hall–Kier alpha value is -1.02. The van der Waals surface area contributed by atoms with E-state index in [1.54, 1.807) is 0 Å². The predicted molar refractivity (Wildman–Crippen MR) is 88.3 cm³/mol. The Labute approximate surface area is 135 Å². The van der Waals surface area contributed by atoms with Gasteiger partial charge in [0.05, 0.1) is 6.10 Å². The van der Waals surface area contributed by atoms with Gasteiger partial charge in [0.2, 0.25) is 0 Å². The third-order valence-electron chi connectivity index (χ3n) is 4.35. The molecule has 0 amide bonds. The SMILES string of the molecule is Cc1cc2c(cc1CCc1c(Cl)cccc1Cl)CCC2O. The summed E-state index contributed by atoms with van der Waals surface area (Å²) in [6, 6.07) is 10.0. The molecule has 0 aliphatic heterocycles. The standard InChI is InChI=1S/C18H18Cl2O/c1-11-9-15-13(6-8-18(15)21)10-12(11)5-7-14-16(19)3-2-4-17(14)20/h2-4,9-10,18,21H,5-8H2,1H3. The third-order valence-corrected chi connectivity index (χ3v) is 5.06. The van der Waals surface area contributed by atoms with Crippen molar-refractivity contribution in [3.8, 4) is 0 Å². The highest BCUT2D eigenvalue weighted by molar-refractivity contribution is 6.35. The summed E-state index contributed by atoms with van der Waals surface area (Å²) in [4.78, 5) is 0. The van der Waals surface area contributed by atoms with Crippen molar-refractivity contribution in [1.82, 2.24) is 0 Å². The second-order valence-electron chi connectivity index (χ2n) is 5.73. The van der Waals surface area contributed by atoms with E-state index in [0.29, 0.717) is 0 Å². The van der Waals surface area contributed by atoms with Gasteiger partial charge >= 0.3 is 0 Å². The van der Waals surface area contributed by atoms with Gasteiger partial charge in [0.1, 0.15) is 0 Å². The fourth-order valence-corrected chi connectivity index (χ4v) is 3.69. The average Bonchev–Trinajstić information content (AvgIpc) is 2.79. The lowest BCUT2D eigenvalue weighted by atomic mass is 9.95. The molecule has 0 bridgehead atoms. The highest BCUT2D eigenvalue weighted by Crippen LogP contribution is 2.34. The summed E-state index contributed by atoms with van der Waals surface area (Å²) in [5.74, 6) is 0. The van der Waals surface area contributed by atoms with Crippen molar-refractivity contribution < 1.29 is 5.11 Å². The molecule has 1 nitrogen and oxygen atoms in total. The number of aliphatic hydroxyl groups excluding tert-OH is 1. The summed E-state index contributed by atoms with van der Waals surface area (Å²) in [5, 5.41) is 11.4. The summed E-state index contributed by atoms with van der Waals surface area (Å²) in [6.07, 6.45) is 3.27. The van der Waals surface area contributed by atoms with Crippen molar-refractivity contribution >= 4 is 23.2 Å². The number of hydrogen-bond donors (Lipinski definition) is 1. The Balaban J connectivity index is 1.83. The number of rotatable bonds is 3. The van der Waals surface area contributed by atoms with E-state index in [-0.39, 0.29) is 6.10 Å². The van der Waals surface area contributed by atoms with Gasteiger partial charge < -0.3 is 5.11 Å². The molecular formula is C18H18Cl2O. The van der Waals surface area contributed by atoms with E-state index in [1.807, 2.05) is 18.2 Å².